The van der Waals surface area contributed by atoms with Crippen LogP contribution >= 0.6 is 0 Å². The van der Waals surface area contributed by atoms with E-state index >= 15 is 0 Å². The Labute approximate surface area is 74.6 Å². The Morgan fingerprint density at radius 1 is 1.42 bits per heavy atom. The second-order valence-corrected chi connectivity index (χ2v) is 3.05. The molecule has 0 heteroatoms. The molecule has 0 aromatic heterocycles. The van der Waals surface area contributed by atoms with Gasteiger partial charge in [0.15, 0.2) is 0 Å². The lowest BCUT2D eigenvalue weighted by molar-refractivity contribution is 0.857. The highest BCUT2D eigenvalue weighted by Gasteiger charge is 1.91. The summed E-state index contributed by atoms with van der Waals surface area (Å²) < 4.78 is 0. The number of terminal acetylenes is 1. The Morgan fingerprint density at radius 3 is 2.92 bits per heavy atom. The highest BCUT2D eigenvalue weighted by molar-refractivity contribution is 5.22. The molecule has 0 aliphatic heterocycles. The van der Waals surface area contributed by atoms with Crippen LogP contribution in [0.25, 0.3) is 0 Å². The Bertz CT molecular complexity index is 278. The third kappa shape index (κ3) is 2.80. The minimum atomic E-state index is 0.883. The molecule has 0 spiro atoms. The molecule has 62 valence electrons. The molecule has 0 bridgehead atoms. The van der Waals surface area contributed by atoms with Gasteiger partial charge in [-0.3, -0.25) is 0 Å². The quantitative estimate of drug-likeness (QED) is 0.468. The molecule has 0 nitrogen and oxygen atoms in total. The molecule has 0 aliphatic carbocycles. The molecular formula is C12H14. The highest BCUT2D eigenvalue weighted by Crippen LogP contribution is 2.07. The fourth-order valence-corrected chi connectivity index (χ4v) is 1.26. The van der Waals surface area contributed by atoms with E-state index in [9.17, 15) is 0 Å². The monoisotopic (exact) mass is 158 g/mol. The molecule has 0 unspecified atom stereocenters. The van der Waals surface area contributed by atoms with Crippen LogP contribution in [0, 0.1) is 19.3 Å². The van der Waals surface area contributed by atoms with E-state index in [1.807, 2.05) is 0 Å². The van der Waals surface area contributed by atoms with Crippen LogP contribution in [0.3, 0.4) is 0 Å². The summed E-state index contributed by atoms with van der Waals surface area (Å²) in [5, 5.41) is 0. The minimum Gasteiger partial charge on any atom is -0.120 e. The van der Waals surface area contributed by atoms with Crippen LogP contribution in [0.15, 0.2) is 24.3 Å². The Kier molecular flexibility index (Phi) is 3.41. The van der Waals surface area contributed by atoms with Gasteiger partial charge in [-0.2, -0.15) is 0 Å². The van der Waals surface area contributed by atoms with Crippen molar-refractivity contribution in [2.24, 2.45) is 0 Å². The molecule has 0 saturated carbocycles. The molecule has 0 saturated heterocycles. The summed E-state index contributed by atoms with van der Waals surface area (Å²) in [5.74, 6) is 2.65. The maximum absolute atomic E-state index is 5.17. The standard InChI is InChI=1S/C12H14/c1-3-4-5-8-12-9-6-7-11(2)10-12/h1,6-7,9-10H,4-5,8H2,2H3. The average molecular weight is 158 g/mol. The zero-order valence-electron chi connectivity index (χ0n) is 7.51. The maximum Gasteiger partial charge on any atom is 0.00892 e. The Morgan fingerprint density at radius 2 is 2.25 bits per heavy atom. The summed E-state index contributed by atoms with van der Waals surface area (Å²) >= 11 is 0. The van der Waals surface area contributed by atoms with Crippen LogP contribution in [0.4, 0.5) is 0 Å². The number of unbranched alkanes of at least 4 members (excludes halogenated alkanes) is 1. The largest absolute Gasteiger partial charge is 0.120 e. The zero-order valence-corrected chi connectivity index (χ0v) is 7.51. The van der Waals surface area contributed by atoms with Gasteiger partial charge in [0.1, 0.15) is 0 Å². The molecule has 0 radical (unpaired) electrons. The van der Waals surface area contributed by atoms with Gasteiger partial charge in [0.25, 0.3) is 0 Å². The molecule has 1 aromatic carbocycles. The SMILES string of the molecule is C#CCCCc1cccc(C)c1. The maximum atomic E-state index is 5.17. The normalized spacial score (nSPS) is 9.33. The van der Waals surface area contributed by atoms with Crippen molar-refractivity contribution in [3.63, 3.8) is 0 Å². The fraction of sp³-hybridized carbons (Fsp3) is 0.333. The van der Waals surface area contributed by atoms with Gasteiger partial charge < -0.3 is 0 Å². The summed E-state index contributed by atoms with van der Waals surface area (Å²) in [6, 6.07) is 8.59. The number of benzene rings is 1. The second kappa shape index (κ2) is 4.62. The van der Waals surface area contributed by atoms with Crippen LogP contribution in [0.2, 0.25) is 0 Å². The molecular weight excluding hydrogens is 144 g/mol. The molecule has 1 rings (SSSR count). The summed E-state index contributed by atoms with van der Waals surface area (Å²) in [4.78, 5) is 0. The number of hydrogen-bond donors (Lipinski definition) is 0. The van der Waals surface area contributed by atoms with Gasteiger partial charge in [-0.1, -0.05) is 29.8 Å². The Balaban J connectivity index is 2.48. The van der Waals surface area contributed by atoms with Crippen molar-refractivity contribution < 1.29 is 0 Å². The lowest BCUT2D eigenvalue weighted by Crippen LogP contribution is -1.84. The number of aryl methyl sites for hydroxylation is 2. The lowest BCUT2D eigenvalue weighted by Gasteiger charge is -1.99. The molecule has 0 atom stereocenters. The first-order valence-electron chi connectivity index (χ1n) is 4.32. The fourth-order valence-electron chi connectivity index (χ4n) is 1.26. The predicted molar refractivity (Wildman–Crippen MR) is 53.0 cm³/mol. The van der Waals surface area contributed by atoms with Gasteiger partial charge in [0, 0.05) is 6.42 Å². The van der Waals surface area contributed by atoms with Crippen molar-refractivity contribution in [3.05, 3.63) is 35.4 Å². The number of rotatable bonds is 3. The first-order valence-corrected chi connectivity index (χ1v) is 4.32. The molecule has 1 aromatic rings. The van der Waals surface area contributed by atoms with Crippen molar-refractivity contribution in [2.75, 3.05) is 0 Å². The molecule has 0 aliphatic rings. The van der Waals surface area contributed by atoms with Gasteiger partial charge in [0.2, 0.25) is 0 Å². The molecule has 0 fully saturated rings. The Hall–Kier alpha value is -1.22. The summed E-state index contributed by atoms with van der Waals surface area (Å²) in [6.07, 6.45) is 8.26. The van der Waals surface area contributed by atoms with E-state index in [1.54, 1.807) is 0 Å². The van der Waals surface area contributed by atoms with E-state index < -0.39 is 0 Å². The molecule has 0 N–H and O–H groups in total. The van der Waals surface area contributed by atoms with Gasteiger partial charge in [-0.15, -0.1) is 12.3 Å². The van der Waals surface area contributed by atoms with E-state index in [-0.39, 0.29) is 0 Å². The van der Waals surface area contributed by atoms with Gasteiger partial charge >= 0.3 is 0 Å². The van der Waals surface area contributed by atoms with Gasteiger partial charge in [-0.25, -0.2) is 0 Å². The van der Waals surface area contributed by atoms with E-state index in [0.29, 0.717) is 0 Å². The van der Waals surface area contributed by atoms with Crippen molar-refractivity contribution >= 4 is 0 Å². The molecule has 0 amide bonds. The third-order valence-corrected chi connectivity index (χ3v) is 1.87. The van der Waals surface area contributed by atoms with Crippen molar-refractivity contribution in [1.82, 2.24) is 0 Å². The van der Waals surface area contributed by atoms with Gasteiger partial charge in [-0.05, 0) is 25.3 Å². The smallest absolute Gasteiger partial charge is 0.00892 e. The van der Waals surface area contributed by atoms with E-state index in [1.165, 1.54) is 11.1 Å². The van der Waals surface area contributed by atoms with Crippen LogP contribution in [0.1, 0.15) is 24.0 Å². The zero-order chi connectivity index (χ0) is 8.81. The third-order valence-electron chi connectivity index (χ3n) is 1.87. The van der Waals surface area contributed by atoms with Crippen molar-refractivity contribution in [3.8, 4) is 12.3 Å². The topological polar surface area (TPSA) is 0 Å². The first kappa shape index (κ1) is 8.87. The molecule has 0 heterocycles. The molecule has 12 heavy (non-hydrogen) atoms. The summed E-state index contributed by atoms with van der Waals surface area (Å²) in [6.45, 7) is 2.12. The second-order valence-electron chi connectivity index (χ2n) is 3.05. The van der Waals surface area contributed by atoms with Crippen molar-refractivity contribution in [2.45, 2.75) is 26.2 Å². The first-order chi connectivity index (χ1) is 5.83. The van der Waals surface area contributed by atoms with E-state index in [4.69, 9.17) is 6.42 Å². The van der Waals surface area contributed by atoms with Crippen LogP contribution < -0.4 is 0 Å². The average Bonchev–Trinajstić information content (AvgIpc) is 2.05. The van der Waals surface area contributed by atoms with Crippen LogP contribution in [-0.2, 0) is 6.42 Å². The predicted octanol–water partition coefficient (Wildman–Crippen LogP) is 2.95. The highest BCUT2D eigenvalue weighted by atomic mass is 14.0. The minimum absolute atomic E-state index is 0.883. The van der Waals surface area contributed by atoms with Crippen LogP contribution in [0.5, 0.6) is 0 Å². The lowest BCUT2D eigenvalue weighted by atomic mass is 10.1. The van der Waals surface area contributed by atoms with Gasteiger partial charge in [0.05, 0.1) is 0 Å². The van der Waals surface area contributed by atoms with Crippen molar-refractivity contribution in [1.29, 1.82) is 0 Å². The number of hydrogen-bond acceptors (Lipinski definition) is 0. The van der Waals surface area contributed by atoms with Crippen LogP contribution in [-0.4, -0.2) is 0 Å². The van der Waals surface area contributed by atoms with E-state index in [2.05, 4.69) is 37.1 Å². The summed E-state index contributed by atoms with van der Waals surface area (Å²) in [5.41, 5.74) is 2.72. The van der Waals surface area contributed by atoms with E-state index in [0.717, 1.165) is 19.3 Å². The summed E-state index contributed by atoms with van der Waals surface area (Å²) in [7, 11) is 0.